The van der Waals surface area contributed by atoms with Crippen LogP contribution in [0, 0.1) is 0 Å². The number of carbonyl (C=O) groups excluding carboxylic acids is 4. The van der Waals surface area contributed by atoms with Gasteiger partial charge < -0.3 is 19.7 Å². The van der Waals surface area contributed by atoms with Gasteiger partial charge >= 0.3 is 0 Å². The van der Waals surface area contributed by atoms with Crippen LogP contribution in [-0.4, -0.2) is 92.3 Å². The van der Waals surface area contributed by atoms with Crippen LogP contribution in [0.5, 0.6) is 11.5 Å². The summed E-state index contributed by atoms with van der Waals surface area (Å²) in [7, 11) is 0. The van der Waals surface area contributed by atoms with Gasteiger partial charge in [0.15, 0.2) is 0 Å². The number of β-amino-alcohol motifs (C(OH)–C–C–N with tert-alkyl or cyclic N) is 2. The molecule has 1 aromatic carbocycles. The molecule has 30 heavy (non-hydrogen) atoms. The number of hydrogen-bond acceptors (Lipinski definition) is 10. The fourth-order valence-electron chi connectivity index (χ4n) is 2.66. The molecule has 0 aliphatic carbocycles. The average Bonchev–Trinajstić information content (AvgIpc) is 3.21. The highest BCUT2D eigenvalue weighted by Gasteiger charge is 2.32. The van der Waals surface area contributed by atoms with Crippen LogP contribution in [0.4, 0.5) is 9.59 Å². The van der Waals surface area contributed by atoms with E-state index in [4.69, 9.17) is 9.47 Å². The van der Waals surface area contributed by atoms with Crippen molar-refractivity contribution in [2.24, 2.45) is 0 Å². The number of thioether (sulfide) groups is 2. The van der Waals surface area contributed by atoms with Gasteiger partial charge in [-0.25, -0.2) is 0 Å². The summed E-state index contributed by atoms with van der Waals surface area (Å²) in [5.41, 5.74) is 0. The van der Waals surface area contributed by atoms with Crippen molar-refractivity contribution in [1.29, 1.82) is 0 Å². The van der Waals surface area contributed by atoms with Crippen molar-refractivity contribution in [2.75, 3.05) is 37.8 Å². The molecule has 0 aromatic heterocycles. The van der Waals surface area contributed by atoms with Crippen molar-refractivity contribution >= 4 is 45.8 Å². The number of ether oxygens (including phenoxy) is 2. The Bertz CT molecular complexity index is 720. The van der Waals surface area contributed by atoms with Gasteiger partial charge in [-0.1, -0.05) is 23.5 Å². The van der Waals surface area contributed by atoms with Gasteiger partial charge in [-0.15, -0.1) is 0 Å². The highest BCUT2D eigenvalue weighted by molar-refractivity contribution is 8.15. The maximum absolute atomic E-state index is 11.5. The molecule has 2 saturated heterocycles. The van der Waals surface area contributed by atoms with Crippen LogP contribution in [0.1, 0.15) is 0 Å². The zero-order chi connectivity index (χ0) is 21.7. The van der Waals surface area contributed by atoms with E-state index in [1.807, 2.05) is 0 Å². The number of imide groups is 2. The molecule has 2 aliphatic heterocycles. The first-order chi connectivity index (χ1) is 14.3. The highest BCUT2D eigenvalue weighted by atomic mass is 32.2. The lowest BCUT2D eigenvalue weighted by Crippen LogP contribution is -2.38. The predicted octanol–water partition coefficient (Wildman–Crippen LogP) is 0.557. The van der Waals surface area contributed by atoms with Crippen LogP contribution in [0.25, 0.3) is 0 Å². The smallest absolute Gasteiger partial charge is 0.288 e. The van der Waals surface area contributed by atoms with Crippen LogP contribution in [0.2, 0.25) is 0 Å². The second-order valence-corrected chi connectivity index (χ2v) is 8.37. The summed E-state index contributed by atoms with van der Waals surface area (Å²) in [5.74, 6) is 0.412. The standard InChI is InChI=1S/C18H20N2O8S2/c21-11(5-19-15(23)9-29-17(19)25)7-27-13-1-2-14(4-3-13)28-8-12(22)6-20-16(24)10-30-18(20)26/h1-4,11-12,21-22H,5-10H2/t11-,12-/m1/s1. The minimum absolute atomic E-state index is 0.0895. The molecule has 0 spiro atoms. The van der Waals surface area contributed by atoms with E-state index in [2.05, 4.69) is 0 Å². The van der Waals surface area contributed by atoms with Crippen molar-refractivity contribution in [2.45, 2.75) is 12.2 Å². The first-order valence-corrected chi connectivity index (χ1v) is 11.0. The normalized spacial score (nSPS) is 18.9. The van der Waals surface area contributed by atoms with Crippen LogP contribution in [0.15, 0.2) is 24.3 Å². The third-order valence-electron chi connectivity index (χ3n) is 4.18. The molecule has 1 aromatic rings. The quantitative estimate of drug-likeness (QED) is 0.514. The molecule has 162 valence electrons. The van der Waals surface area contributed by atoms with Crippen molar-refractivity contribution in [1.82, 2.24) is 9.80 Å². The van der Waals surface area contributed by atoms with Crippen molar-refractivity contribution in [3.8, 4) is 11.5 Å². The molecule has 2 heterocycles. The average molecular weight is 456 g/mol. The molecule has 0 radical (unpaired) electrons. The van der Waals surface area contributed by atoms with Gasteiger partial charge in [0.25, 0.3) is 10.5 Å². The van der Waals surface area contributed by atoms with Gasteiger partial charge in [0, 0.05) is 0 Å². The Morgan fingerprint density at radius 2 is 1.13 bits per heavy atom. The van der Waals surface area contributed by atoms with Gasteiger partial charge in [0.1, 0.15) is 36.9 Å². The molecule has 12 heteroatoms. The molecule has 2 fully saturated rings. The lowest BCUT2D eigenvalue weighted by Gasteiger charge is -2.19. The largest absolute Gasteiger partial charge is 0.491 e. The van der Waals surface area contributed by atoms with Gasteiger partial charge in [-0.3, -0.25) is 29.0 Å². The Hall–Kier alpha value is -2.28. The SMILES string of the molecule is O=C1CSC(=O)N1C[C@@H](O)COc1ccc(OC[C@H](O)CN2C(=O)CSC2=O)cc1. The van der Waals surface area contributed by atoms with Crippen molar-refractivity contribution in [3.05, 3.63) is 24.3 Å². The molecule has 2 N–H and O–H groups in total. The molecule has 10 nitrogen and oxygen atoms in total. The van der Waals surface area contributed by atoms with Crippen molar-refractivity contribution in [3.63, 3.8) is 0 Å². The maximum atomic E-state index is 11.5. The summed E-state index contributed by atoms with van der Waals surface area (Å²) < 4.78 is 10.9. The van der Waals surface area contributed by atoms with Gasteiger partial charge in [0.2, 0.25) is 11.8 Å². The number of rotatable bonds is 10. The Morgan fingerprint density at radius 1 is 0.767 bits per heavy atom. The lowest BCUT2D eigenvalue weighted by molar-refractivity contribution is -0.126. The van der Waals surface area contributed by atoms with Crippen LogP contribution in [0.3, 0.4) is 0 Å². The minimum Gasteiger partial charge on any atom is -0.491 e. The monoisotopic (exact) mass is 456 g/mol. The maximum Gasteiger partial charge on any atom is 0.288 e. The van der Waals surface area contributed by atoms with E-state index in [1.54, 1.807) is 24.3 Å². The molecular weight excluding hydrogens is 436 g/mol. The summed E-state index contributed by atoms with van der Waals surface area (Å²) in [6, 6.07) is 6.39. The topological polar surface area (TPSA) is 134 Å². The predicted molar refractivity (Wildman–Crippen MR) is 109 cm³/mol. The summed E-state index contributed by atoms with van der Waals surface area (Å²) in [5, 5.41) is 19.2. The molecule has 2 aliphatic rings. The van der Waals surface area contributed by atoms with E-state index in [9.17, 15) is 29.4 Å². The van der Waals surface area contributed by atoms with E-state index >= 15 is 0 Å². The molecule has 3 rings (SSSR count). The Labute approximate surface area is 180 Å². The first-order valence-electron chi connectivity index (χ1n) is 8.99. The second kappa shape index (κ2) is 10.2. The third kappa shape index (κ3) is 5.88. The molecule has 2 atom stereocenters. The molecular formula is C18H20N2O8S2. The van der Waals surface area contributed by atoms with Crippen LogP contribution in [-0.2, 0) is 9.59 Å². The lowest BCUT2D eigenvalue weighted by atomic mass is 10.3. The van der Waals surface area contributed by atoms with Gasteiger partial charge in [0.05, 0.1) is 24.6 Å². The number of hydrogen-bond donors (Lipinski definition) is 2. The summed E-state index contributed by atoms with van der Waals surface area (Å²) in [4.78, 5) is 48.1. The first kappa shape index (κ1) is 22.4. The molecule has 4 amide bonds. The van der Waals surface area contributed by atoms with Crippen LogP contribution >= 0.6 is 23.5 Å². The van der Waals surface area contributed by atoms with E-state index in [0.717, 1.165) is 33.3 Å². The zero-order valence-electron chi connectivity index (χ0n) is 15.8. The van der Waals surface area contributed by atoms with E-state index in [1.165, 1.54) is 0 Å². The van der Waals surface area contributed by atoms with E-state index in [-0.39, 0.29) is 60.1 Å². The third-order valence-corrected chi connectivity index (χ3v) is 5.89. The Morgan fingerprint density at radius 3 is 1.43 bits per heavy atom. The second-order valence-electron chi connectivity index (χ2n) is 6.52. The highest BCUT2D eigenvalue weighted by Crippen LogP contribution is 2.21. The fraction of sp³-hybridized carbons (Fsp3) is 0.444. The van der Waals surface area contributed by atoms with Gasteiger partial charge in [-0.05, 0) is 24.3 Å². The number of aliphatic hydroxyl groups excluding tert-OH is 2. The number of benzene rings is 1. The fourth-order valence-corrected chi connectivity index (χ4v) is 4.13. The Kier molecular flexibility index (Phi) is 7.58. The number of aliphatic hydroxyl groups is 2. The molecule has 0 bridgehead atoms. The zero-order valence-corrected chi connectivity index (χ0v) is 17.4. The summed E-state index contributed by atoms with van der Waals surface area (Å²) >= 11 is 1.81. The minimum atomic E-state index is -1.02. The molecule has 0 saturated carbocycles. The summed E-state index contributed by atoms with van der Waals surface area (Å²) in [6.07, 6.45) is -2.03. The van der Waals surface area contributed by atoms with Crippen molar-refractivity contribution < 1.29 is 38.9 Å². The van der Waals surface area contributed by atoms with E-state index < -0.39 is 12.2 Å². The number of carbonyl (C=O) groups is 4. The van der Waals surface area contributed by atoms with E-state index in [0.29, 0.717) is 11.5 Å². The van der Waals surface area contributed by atoms with Gasteiger partial charge in [-0.2, -0.15) is 0 Å². The number of amides is 4. The Balaban J connectivity index is 1.39. The van der Waals surface area contributed by atoms with Crippen LogP contribution < -0.4 is 9.47 Å². The number of nitrogens with zero attached hydrogens (tertiary/aromatic N) is 2. The molecule has 0 unspecified atom stereocenters. The summed E-state index contributed by atoms with van der Waals surface area (Å²) in [6.45, 7) is -0.443.